The lowest BCUT2D eigenvalue weighted by Crippen LogP contribution is -2.45. The lowest BCUT2D eigenvalue weighted by atomic mass is 9.95. The van der Waals surface area contributed by atoms with Gasteiger partial charge in [0.2, 0.25) is 21.8 Å². The van der Waals surface area contributed by atoms with Crippen LogP contribution in [0.25, 0.3) is 0 Å². The molecule has 178 valence electrons. The van der Waals surface area contributed by atoms with Crippen LogP contribution in [-0.4, -0.2) is 44.2 Å². The van der Waals surface area contributed by atoms with Crippen LogP contribution in [-0.2, 0) is 19.6 Å². The summed E-state index contributed by atoms with van der Waals surface area (Å²) in [6.45, 7) is 1.06. The molecule has 0 atom stereocenters. The molecule has 0 saturated heterocycles. The van der Waals surface area contributed by atoms with Gasteiger partial charge < -0.3 is 15.4 Å². The van der Waals surface area contributed by atoms with Gasteiger partial charge in [0.1, 0.15) is 5.75 Å². The van der Waals surface area contributed by atoms with E-state index < -0.39 is 15.9 Å². The minimum atomic E-state index is -3.98. The summed E-state index contributed by atoms with van der Waals surface area (Å²) in [6, 6.07) is 10.7. The molecule has 0 heterocycles. The van der Waals surface area contributed by atoms with Crippen molar-refractivity contribution in [3.8, 4) is 5.75 Å². The monoisotopic (exact) mass is 493 g/mol. The summed E-state index contributed by atoms with van der Waals surface area (Å²) in [4.78, 5) is 24.2. The summed E-state index contributed by atoms with van der Waals surface area (Å²) in [5.74, 6) is -0.327. The van der Waals surface area contributed by atoms with Crippen LogP contribution >= 0.6 is 11.6 Å². The van der Waals surface area contributed by atoms with Crippen molar-refractivity contribution < 1.29 is 22.7 Å². The van der Waals surface area contributed by atoms with Gasteiger partial charge in [-0.15, -0.1) is 0 Å². The van der Waals surface area contributed by atoms with Gasteiger partial charge in [0.15, 0.2) is 0 Å². The number of carbonyl (C=O) groups is 2. The van der Waals surface area contributed by atoms with Gasteiger partial charge in [0.05, 0.1) is 23.6 Å². The number of ether oxygens (including phenoxy) is 1. The van der Waals surface area contributed by atoms with Crippen LogP contribution in [0.15, 0.2) is 47.4 Å². The summed E-state index contributed by atoms with van der Waals surface area (Å²) >= 11 is 6.17. The average Bonchev–Trinajstić information content (AvgIpc) is 2.77. The fourth-order valence-corrected chi connectivity index (χ4v) is 5.93. The zero-order valence-electron chi connectivity index (χ0n) is 18.6. The Balaban J connectivity index is 1.84. The van der Waals surface area contributed by atoms with Crippen molar-refractivity contribution in [3.63, 3.8) is 0 Å². The molecule has 1 aliphatic rings. The topological polar surface area (TPSA) is 105 Å². The Labute approximate surface area is 199 Å². The highest BCUT2D eigenvalue weighted by Gasteiger charge is 2.34. The lowest BCUT2D eigenvalue weighted by molar-refractivity contribution is -0.117. The number of methoxy groups -OCH3 is 1. The molecule has 0 spiro atoms. The number of rotatable bonds is 8. The number of anilines is 2. The Morgan fingerprint density at radius 3 is 2.33 bits per heavy atom. The number of hydrogen-bond donors (Lipinski definition) is 2. The maximum atomic E-state index is 13.5. The third-order valence-electron chi connectivity index (χ3n) is 5.48. The normalized spacial score (nSPS) is 14.7. The highest BCUT2D eigenvalue weighted by atomic mass is 35.5. The average molecular weight is 494 g/mol. The fraction of sp³-hybridized carbons (Fsp3) is 0.391. The lowest BCUT2D eigenvalue weighted by Gasteiger charge is -2.33. The second-order valence-corrected chi connectivity index (χ2v) is 10.2. The third kappa shape index (κ3) is 6.46. The van der Waals surface area contributed by atoms with Gasteiger partial charge in [-0.1, -0.05) is 36.9 Å². The van der Waals surface area contributed by atoms with E-state index in [1.54, 1.807) is 24.3 Å². The summed E-state index contributed by atoms with van der Waals surface area (Å²) in [5, 5.41) is 5.57. The largest absolute Gasteiger partial charge is 0.495 e. The second-order valence-electron chi connectivity index (χ2n) is 7.95. The molecule has 1 aliphatic carbocycles. The Morgan fingerprint density at radius 2 is 1.73 bits per heavy atom. The fourth-order valence-electron chi connectivity index (χ4n) is 3.94. The Bertz CT molecular complexity index is 1120. The minimum Gasteiger partial charge on any atom is -0.495 e. The van der Waals surface area contributed by atoms with Crippen LogP contribution in [0.4, 0.5) is 11.4 Å². The molecule has 0 aromatic heterocycles. The molecule has 1 fully saturated rings. The third-order valence-corrected chi connectivity index (χ3v) is 7.67. The van der Waals surface area contributed by atoms with Crippen LogP contribution < -0.4 is 15.4 Å². The zero-order valence-corrected chi connectivity index (χ0v) is 20.2. The molecule has 0 aliphatic heterocycles. The van der Waals surface area contributed by atoms with Crippen molar-refractivity contribution in [2.24, 2.45) is 0 Å². The molecule has 33 heavy (non-hydrogen) atoms. The molecule has 1 saturated carbocycles. The second kappa shape index (κ2) is 11.0. The molecule has 10 heteroatoms. The Morgan fingerprint density at radius 1 is 1.06 bits per heavy atom. The van der Waals surface area contributed by atoms with Crippen LogP contribution in [0, 0.1) is 0 Å². The van der Waals surface area contributed by atoms with E-state index in [0.29, 0.717) is 30.0 Å². The number of carbonyl (C=O) groups excluding carboxylic acids is 2. The molecule has 8 nitrogen and oxygen atoms in total. The van der Waals surface area contributed by atoms with E-state index >= 15 is 0 Å². The van der Waals surface area contributed by atoms with Crippen molar-refractivity contribution in [2.75, 3.05) is 24.3 Å². The molecule has 0 bridgehead atoms. The molecule has 3 rings (SSSR count). The van der Waals surface area contributed by atoms with Crippen LogP contribution in [0.2, 0.25) is 5.02 Å². The minimum absolute atomic E-state index is 0.0133. The van der Waals surface area contributed by atoms with E-state index in [9.17, 15) is 18.0 Å². The first-order chi connectivity index (χ1) is 15.7. The van der Waals surface area contributed by atoms with E-state index in [-0.39, 0.29) is 28.4 Å². The van der Waals surface area contributed by atoms with Crippen LogP contribution in [0.5, 0.6) is 5.75 Å². The number of amides is 2. The first-order valence-corrected chi connectivity index (χ1v) is 12.6. The summed E-state index contributed by atoms with van der Waals surface area (Å²) in [5.41, 5.74) is 0.990. The number of hydrogen-bond acceptors (Lipinski definition) is 5. The van der Waals surface area contributed by atoms with E-state index in [0.717, 1.165) is 19.3 Å². The van der Waals surface area contributed by atoms with E-state index in [1.807, 2.05) is 0 Å². The van der Waals surface area contributed by atoms with E-state index in [2.05, 4.69) is 10.6 Å². The van der Waals surface area contributed by atoms with Crippen molar-refractivity contribution in [2.45, 2.75) is 50.0 Å². The molecular formula is C23H28ClN3O5S. The Kier molecular flexibility index (Phi) is 8.34. The highest BCUT2D eigenvalue weighted by molar-refractivity contribution is 7.89. The molecular weight excluding hydrogens is 466 g/mol. The van der Waals surface area contributed by atoms with E-state index in [4.69, 9.17) is 16.3 Å². The number of sulfonamides is 1. The maximum Gasteiger partial charge on any atom is 0.243 e. The van der Waals surface area contributed by atoms with E-state index in [1.165, 1.54) is 36.5 Å². The summed E-state index contributed by atoms with van der Waals surface area (Å²) in [6.07, 6.45) is 4.23. The van der Waals surface area contributed by atoms with Crippen molar-refractivity contribution in [1.29, 1.82) is 0 Å². The van der Waals surface area contributed by atoms with Crippen molar-refractivity contribution in [3.05, 3.63) is 47.5 Å². The van der Waals surface area contributed by atoms with Gasteiger partial charge in [-0.25, -0.2) is 8.42 Å². The zero-order chi connectivity index (χ0) is 24.0. The van der Waals surface area contributed by atoms with Gasteiger partial charge in [0.25, 0.3) is 0 Å². The standard InChI is InChI=1S/C23H28ClN3O5S/c1-16(28)25-17-7-6-8-18(13-17)26-23(29)15-27(19-9-4-3-5-10-19)33(30,31)20-11-12-22(32-2)21(24)14-20/h6-8,11-14,19H,3-5,9-10,15H2,1-2H3,(H,25,28)(H,26,29). The number of benzene rings is 2. The predicted molar refractivity (Wildman–Crippen MR) is 128 cm³/mol. The van der Waals surface area contributed by atoms with Gasteiger partial charge >= 0.3 is 0 Å². The summed E-state index contributed by atoms with van der Waals surface area (Å²) in [7, 11) is -2.53. The first-order valence-electron chi connectivity index (χ1n) is 10.7. The van der Waals surface area contributed by atoms with Crippen molar-refractivity contribution >= 4 is 44.8 Å². The number of nitrogens with one attached hydrogen (secondary N) is 2. The van der Waals surface area contributed by atoms with Gasteiger partial charge in [-0.3, -0.25) is 9.59 Å². The molecule has 2 amide bonds. The summed E-state index contributed by atoms with van der Waals surface area (Å²) < 4.78 is 33.5. The van der Waals surface area contributed by atoms with Crippen molar-refractivity contribution in [1.82, 2.24) is 4.31 Å². The van der Waals surface area contributed by atoms with Gasteiger partial charge in [-0.2, -0.15) is 4.31 Å². The quantitative estimate of drug-likeness (QED) is 0.571. The van der Waals surface area contributed by atoms with Crippen LogP contribution in [0.1, 0.15) is 39.0 Å². The molecule has 2 N–H and O–H groups in total. The number of nitrogens with zero attached hydrogens (tertiary/aromatic N) is 1. The van der Waals surface area contributed by atoms with Crippen LogP contribution in [0.3, 0.4) is 0 Å². The smallest absolute Gasteiger partial charge is 0.243 e. The molecule has 0 unspecified atom stereocenters. The number of halogens is 1. The highest BCUT2D eigenvalue weighted by Crippen LogP contribution is 2.32. The van der Waals surface area contributed by atoms with Gasteiger partial charge in [0, 0.05) is 24.3 Å². The molecule has 0 radical (unpaired) electrons. The predicted octanol–water partition coefficient (Wildman–Crippen LogP) is 4.27. The Hall–Kier alpha value is -2.62. The first kappa shape index (κ1) is 25.0. The maximum absolute atomic E-state index is 13.5. The molecule has 2 aromatic rings. The SMILES string of the molecule is COc1ccc(S(=O)(=O)N(CC(=O)Nc2cccc(NC(C)=O)c2)C2CCCCC2)cc1Cl. The molecule has 2 aromatic carbocycles. The van der Waals surface area contributed by atoms with Gasteiger partial charge in [-0.05, 0) is 49.2 Å².